The van der Waals surface area contributed by atoms with E-state index in [-0.39, 0.29) is 11.1 Å². The molecule has 0 aliphatic heterocycles. The zero-order valence-electron chi connectivity index (χ0n) is 20.4. The topological polar surface area (TPSA) is 97.8 Å². The molecule has 1 saturated carbocycles. The molecule has 1 aromatic heterocycles. The second-order valence-electron chi connectivity index (χ2n) is 9.50. The molecule has 3 aromatic carbocycles. The molecule has 4 aromatic rings. The number of hydrogen-bond donors (Lipinski definition) is 3. The van der Waals surface area contributed by atoms with Crippen molar-refractivity contribution in [2.45, 2.75) is 24.5 Å². The van der Waals surface area contributed by atoms with Gasteiger partial charge in [-0.1, -0.05) is 42.5 Å². The second kappa shape index (κ2) is 9.79. The summed E-state index contributed by atoms with van der Waals surface area (Å²) < 4.78 is 27.7. The first-order valence-corrected chi connectivity index (χ1v) is 13.6. The lowest BCUT2D eigenvalue weighted by molar-refractivity contribution is 0.413. The van der Waals surface area contributed by atoms with Crippen molar-refractivity contribution in [2.24, 2.45) is 4.99 Å². The van der Waals surface area contributed by atoms with Crippen LogP contribution in [0.1, 0.15) is 29.5 Å². The van der Waals surface area contributed by atoms with Crippen LogP contribution in [0.15, 0.2) is 77.8 Å². The lowest BCUT2D eigenvalue weighted by atomic mass is 10.0. The van der Waals surface area contributed by atoms with Crippen LogP contribution in [0.3, 0.4) is 0 Å². The van der Waals surface area contributed by atoms with Crippen LogP contribution >= 0.6 is 0 Å². The number of nitrogens with zero attached hydrogens (tertiary/aromatic N) is 2. The van der Waals surface area contributed by atoms with Crippen LogP contribution in [0.5, 0.6) is 5.88 Å². The lowest BCUT2D eigenvalue weighted by Gasteiger charge is -2.11. The number of sulfonamides is 1. The van der Waals surface area contributed by atoms with Crippen LogP contribution < -0.4 is 4.72 Å². The van der Waals surface area contributed by atoms with Gasteiger partial charge in [-0.25, -0.2) is 13.4 Å². The van der Waals surface area contributed by atoms with Gasteiger partial charge < -0.3 is 15.0 Å². The largest absolute Gasteiger partial charge is 0.494 e. The van der Waals surface area contributed by atoms with Crippen molar-refractivity contribution in [3.63, 3.8) is 0 Å². The lowest BCUT2D eigenvalue weighted by Crippen LogP contribution is -2.17. The van der Waals surface area contributed by atoms with E-state index in [1.54, 1.807) is 18.2 Å². The summed E-state index contributed by atoms with van der Waals surface area (Å²) in [6.07, 6.45) is 2.32. The number of aliphatic imine (C=N–C) groups is 1. The van der Waals surface area contributed by atoms with Crippen molar-refractivity contribution in [3.05, 3.63) is 89.5 Å². The van der Waals surface area contributed by atoms with E-state index >= 15 is 0 Å². The summed E-state index contributed by atoms with van der Waals surface area (Å²) in [6, 6.07) is 23.0. The van der Waals surface area contributed by atoms with Gasteiger partial charge in [0.05, 0.1) is 22.2 Å². The first-order chi connectivity index (χ1) is 17.3. The summed E-state index contributed by atoms with van der Waals surface area (Å²) >= 11 is 0. The van der Waals surface area contributed by atoms with Crippen LogP contribution in [0.25, 0.3) is 10.9 Å². The number of anilines is 1. The Morgan fingerprint density at radius 2 is 1.78 bits per heavy atom. The Morgan fingerprint density at radius 1 is 1.06 bits per heavy atom. The zero-order chi connectivity index (χ0) is 25.3. The highest BCUT2D eigenvalue weighted by Gasteiger charge is 2.35. The zero-order valence-corrected chi connectivity index (χ0v) is 21.2. The van der Waals surface area contributed by atoms with E-state index in [2.05, 4.69) is 40.8 Å². The van der Waals surface area contributed by atoms with Gasteiger partial charge in [-0.05, 0) is 69.3 Å². The molecule has 1 fully saturated rings. The molecule has 0 radical (unpaired) electrons. The molecule has 1 aliphatic rings. The molecule has 3 N–H and O–H groups in total. The molecule has 1 heterocycles. The van der Waals surface area contributed by atoms with Gasteiger partial charge in [0.1, 0.15) is 0 Å². The molecule has 5 rings (SSSR count). The number of aromatic amines is 1. The standard InChI is InChI=1S/C28H30N4O3S/c1-32(2)17-16-19-8-10-21(11-9-19)29-27(20-6-4-3-5-7-20)26-24-18-22(12-15-25(24)30-28(26)33)31-36(34,35)23-13-14-23/h3-12,15,18,23,30-31,33H,13-14,16-17H2,1-2H3. The summed E-state index contributed by atoms with van der Waals surface area (Å²) in [7, 11) is 0.707. The molecule has 36 heavy (non-hydrogen) atoms. The maximum Gasteiger partial charge on any atom is 0.235 e. The van der Waals surface area contributed by atoms with Gasteiger partial charge in [0.2, 0.25) is 10.0 Å². The van der Waals surface area contributed by atoms with Crippen LogP contribution in [0.4, 0.5) is 11.4 Å². The number of nitrogens with one attached hydrogen (secondary N) is 2. The fourth-order valence-corrected chi connectivity index (χ4v) is 5.57. The number of likely N-dealkylation sites (N-methyl/N-ethyl adjacent to an activating group) is 1. The molecule has 0 saturated heterocycles. The Morgan fingerprint density at radius 3 is 2.44 bits per heavy atom. The SMILES string of the molecule is CN(C)CCc1ccc(N=C(c2ccccc2)c2c(O)[nH]c3ccc(NS(=O)(=O)C4CC4)cc23)cc1. The summed E-state index contributed by atoms with van der Waals surface area (Å²) in [5.74, 6) is -0.0163. The van der Waals surface area contributed by atoms with Gasteiger partial charge in [-0.15, -0.1) is 0 Å². The van der Waals surface area contributed by atoms with Crippen molar-refractivity contribution in [1.82, 2.24) is 9.88 Å². The number of rotatable bonds is 9. The predicted molar refractivity (Wildman–Crippen MR) is 146 cm³/mol. The van der Waals surface area contributed by atoms with Crippen molar-refractivity contribution in [3.8, 4) is 5.88 Å². The fourth-order valence-electron chi connectivity index (χ4n) is 4.19. The summed E-state index contributed by atoms with van der Waals surface area (Å²) in [5, 5.41) is 11.3. The molecule has 1 aliphatic carbocycles. The first kappa shape index (κ1) is 24.1. The highest BCUT2D eigenvalue weighted by Crippen LogP contribution is 2.35. The minimum atomic E-state index is -3.41. The molecular weight excluding hydrogens is 472 g/mol. The van der Waals surface area contributed by atoms with Gasteiger partial charge in [-0.3, -0.25) is 4.72 Å². The number of aromatic hydroxyl groups is 1. The fraction of sp³-hybridized carbons (Fsp3) is 0.250. The van der Waals surface area contributed by atoms with Crippen LogP contribution in [0, 0.1) is 0 Å². The average molecular weight is 503 g/mol. The van der Waals surface area contributed by atoms with Gasteiger partial charge in [-0.2, -0.15) is 0 Å². The minimum absolute atomic E-state index is 0.0163. The van der Waals surface area contributed by atoms with Gasteiger partial charge in [0.15, 0.2) is 5.88 Å². The third-order valence-electron chi connectivity index (χ3n) is 6.31. The third kappa shape index (κ3) is 5.29. The predicted octanol–water partition coefficient (Wildman–Crippen LogP) is 5.05. The molecule has 0 amide bonds. The number of aromatic nitrogens is 1. The highest BCUT2D eigenvalue weighted by atomic mass is 32.2. The van der Waals surface area contributed by atoms with E-state index < -0.39 is 10.0 Å². The molecule has 0 bridgehead atoms. The van der Waals surface area contributed by atoms with Crippen LogP contribution in [0.2, 0.25) is 0 Å². The average Bonchev–Trinajstić information content (AvgIpc) is 3.67. The Bertz CT molecular complexity index is 1500. The molecule has 7 nitrogen and oxygen atoms in total. The van der Waals surface area contributed by atoms with Crippen molar-refractivity contribution in [2.75, 3.05) is 25.4 Å². The molecule has 0 atom stereocenters. The van der Waals surface area contributed by atoms with Crippen molar-refractivity contribution < 1.29 is 13.5 Å². The summed E-state index contributed by atoms with van der Waals surface area (Å²) in [4.78, 5) is 10.1. The molecule has 0 unspecified atom stereocenters. The normalized spacial score (nSPS) is 14.5. The van der Waals surface area contributed by atoms with E-state index in [0.717, 1.165) is 24.2 Å². The quantitative estimate of drug-likeness (QED) is 0.279. The summed E-state index contributed by atoms with van der Waals surface area (Å²) in [5.41, 5.74) is 5.12. The van der Waals surface area contributed by atoms with Crippen molar-refractivity contribution >= 4 is 38.0 Å². The van der Waals surface area contributed by atoms with E-state index in [4.69, 9.17) is 4.99 Å². The monoisotopic (exact) mass is 502 g/mol. The van der Waals surface area contributed by atoms with Crippen molar-refractivity contribution in [1.29, 1.82) is 0 Å². The molecule has 8 heteroatoms. The molecular formula is C28H30N4O3S. The molecule has 186 valence electrons. The van der Waals surface area contributed by atoms with Crippen LogP contribution in [-0.4, -0.2) is 55.0 Å². The number of benzene rings is 3. The second-order valence-corrected chi connectivity index (χ2v) is 11.5. The Kier molecular flexibility index (Phi) is 6.55. The summed E-state index contributed by atoms with van der Waals surface area (Å²) in [6.45, 7) is 0.966. The Balaban J connectivity index is 1.57. The van der Waals surface area contributed by atoms with E-state index in [9.17, 15) is 13.5 Å². The van der Waals surface area contributed by atoms with Crippen LogP contribution in [-0.2, 0) is 16.4 Å². The Hall–Kier alpha value is -3.62. The Labute approximate surface area is 211 Å². The smallest absolute Gasteiger partial charge is 0.235 e. The van der Waals surface area contributed by atoms with E-state index in [0.29, 0.717) is 40.7 Å². The maximum atomic E-state index is 12.5. The first-order valence-electron chi connectivity index (χ1n) is 12.0. The van der Waals surface area contributed by atoms with Gasteiger partial charge in [0.25, 0.3) is 0 Å². The van der Waals surface area contributed by atoms with Gasteiger partial charge >= 0.3 is 0 Å². The third-order valence-corrected chi connectivity index (χ3v) is 8.18. The minimum Gasteiger partial charge on any atom is -0.494 e. The highest BCUT2D eigenvalue weighted by molar-refractivity contribution is 7.93. The molecule has 0 spiro atoms. The van der Waals surface area contributed by atoms with Gasteiger partial charge in [0, 0.05) is 28.7 Å². The van der Waals surface area contributed by atoms with E-state index in [1.807, 2.05) is 42.5 Å². The van der Waals surface area contributed by atoms with E-state index in [1.165, 1.54) is 5.56 Å². The maximum absolute atomic E-state index is 12.5. The number of hydrogen-bond acceptors (Lipinski definition) is 5. The number of fused-ring (bicyclic) bond motifs is 1. The number of H-pyrrole nitrogens is 1.